The van der Waals surface area contributed by atoms with Gasteiger partial charge in [0.25, 0.3) is 0 Å². The highest BCUT2D eigenvalue weighted by atomic mass is 16.5. The lowest BCUT2D eigenvalue weighted by atomic mass is 10.1. The molecule has 0 aliphatic rings. The summed E-state index contributed by atoms with van der Waals surface area (Å²) in [6, 6.07) is 7.90. The fourth-order valence-corrected chi connectivity index (χ4v) is 1.81. The Labute approximate surface area is 111 Å². The molecule has 0 radical (unpaired) electrons. The lowest BCUT2D eigenvalue weighted by Gasteiger charge is -1.95. The summed E-state index contributed by atoms with van der Waals surface area (Å²) in [5, 5.41) is 12.5. The monoisotopic (exact) mass is 260 g/mol. The Kier molecular flexibility index (Phi) is 4.28. The molecule has 1 N–H and O–H groups in total. The molecule has 19 heavy (non-hydrogen) atoms. The lowest BCUT2D eigenvalue weighted by molar-refractivity contribution is -0.137. The van der Waals surface area contributed by atoms with E-state index < -0.39 is 5.97 Å². The normalized spacial score (nSPS) is 10.6. The van der Waals surface area contributed by atoms with Crippen LogP contribution in [-0.4, -0.2) is 21.2 Å². The Balaban J connectivity index is 1.94. The molecular weight excluding hydrogens is 244 g/mol. The van der Waals surface area contributed by atoms with Gasteiger partial charge in [-0.1, -0.05) is 28.9 Å². The number of aliphatic carboxylic acids is 1. The fraction of sp³-hybridized carbons (Fsp3) is 0.357. The number of benzene rings is 1. The molecule has 5 heteroatoms. The van der Waals surface area contributed by atoms with Crippen molar-refractivity contribution in [3.63, 3.8) is 0 Å². The third kappa shape index (κ3) is 3.91. The zero-order valence-electron chi connectivity index (χ0n) is 10.8. The molecule has 1 heterocycles. The summed E-state index contributed by atoms with van der Waals surface area (Å²) < 4.78 is 5.16. The molecule has 0 spiro atoms. The number of aromatic nitrogens is 2. The second kappa shape index (κ2) is 6.13. The van der Waals surface area contributed by atoms with Gasteiger partial charge in [-0.25, -0.2) is 0 Å². The Morgan fingerprint density at radius 1 is 1.37 bits per heavy atom. The maximum absolute atomic E-state index is 10.4. The first-order chi connectivity index (χ1) is 9.15. The van der Waals surface area contributed by atoms with Crippen molar-refractivity contribution in [1.29, 1.82) is 0 Å². The van der Waals surface area contributed by atoms with Gasteiger partial charge in [0, 0.05) is 18.4 Å². The summed E-state index contributed by atoms with van der Waals surface area (Å²) in [5.74, 6) is 0.366. The highest BCUT2D eigenvalue weighted by molar-refractivity contribution is 5.66. The smallest absolute Gasteiger partial charge is 0.303 e. The summed E-state index contributed by atoms with van der Waals surface area (Å²) in [5.41, 5.74) is 2.07. The van der Waals surface area contributed by atoms with Crippen LogP contribution in [0.2, 0.25) is 0 Å². The first-order valence-electron chi connectivity index (χ1n) is 6.26. The highest BCUT2D eigenvalue weighted by Gasteiger charge is 2.08. The third-order valence-electron chi connectivity index (χ3n) is 2.78. The number of hydrogen-bond acceptors (Lipinski definition) is 4. The van der Waals surface area contributed by atoms with Crippen LogP contribution in [-0.2, 0) is 11.2 Å². The molecule has 2 aromatic rings. The van der Waals surface area contributed by atoms with Crippen LogP contribution in [0, 0.1) is 6.92 Å². The van der Waals surface area contributed by atoms with Gasteiger partial charge in [-0.05, 0) is 25.8 Å². The topological polar surface area (TPSA) is 76.2 Å². The van der Waals surface area contributed by atoms with E-state index in [2.05, 4.69) is 10.1 Å². The van der Waals surface area contributed by atoms with Crippen LogP contribution in [0.4, 0.5) is 0 Å². The molecule has 1 aromatic heterocycles. The third-order valence-corrected chi connectivity index (χ3v) is 2.78. The number of unbranched alkanes of at least 4 members (excludes halogenated alkanes) is 1. The van der Waals surface area contributed by atoms with E-state index in [1.54, 1.807) is 0 Å². The maximum Gasteiger partial charge on any atom is 0.303 e. The summed E-state index contributed by atoms with van der Waals surface area (Å²) in [7, 11) is 0. The fourth-order valence-electron chi connectivity index (χ4n) is 1.81. The van der Waals surface area contributed by atoms with E-state index in [0.29, 0.717) is 24.6 Å². The molecule has 0 aliphatic heterocycles. The van der Waals surface area contributed by atoms with Gasteiger partial charge in [0.2, 0.25) is 11.7 Å². The molecule has 100 valence electrons. The van der Waals surface area contributed by atoms with Gasteiger partial charge >= 0.3 is 5.97 Å². The predicted molar refractivity (Wildman–Crippen MR) is 69.7 cm³/mol. The summed E-state index contributed by atoms with van der Waals surface area (Å²) >= 11 is 0. The number of nitrogens with zero attached hydrogens (tertiary/aromatic N) is 2. The van der Waals surface area contributed by atoms with Gasteiger partial charge in [-0.3, -0.25) is 4.79 Å². The van der Waals surface area contributed by atoms with Gasteiger partial charge in [0.15, 0.2) is 0 Å². The van der Waals surface area contributed by atoms with Crippen molar-refractivity contribution in [3.05, 3.63) is 35.7 Å². The second-order valence-electron chi connectivity index (χ2n) is 4.48. The largest absolute Gasteiger partial charge is 0.481 e. The van der Waals surface area contributed by atoms with Crippen LogP contribution >= 0.6 is 0 Å². The molecular formula is C14H16N2O3. The lowest BCUT2D eigenvalue weighted by Crippen LogP contribution is -1.95. The minimum Gasteiger partial charge on any atom is -0.481 e. The van der Waals surface area contributed by atoms with Crippen molar-refractivity contribution in [1.82, 2.24) is 10.1 Å². The molecule has 2 rings (SSSR count). The zero-order valence-corrected chi connectivity index (χ0v) is 10.8. The highest BCUT2D eigenvalue weighted by Crippen LogP contribution is 2.17. The van der Waals surface area contributed by atoms with Crippen molar-refractivity contribution < 1.29 is 14.4 Å². The Morgan fingerprint density at radius 2 is 2.21 bits per heavy atom. The molecule has 0 unspecified atom stereocenters. The first-order valence-corrected chi connectivity index (χ1v) is 6.26. The first kappa shape index (κ1) is 13.3. The standard InChI is InChI=1S/C14H16N2O3/c1-10-5-4-6-11(9-10)14-15-12(19-16-14)7-2-3-8-13(17)18/h4-6,9H,2-3,7-8H2,1H3,(H,17,18). The molecule has 0 aliphatic carbocycles. The second-order valence-corrected chi connectivity index (χ2v) is 4.48. The van der Waals surface area contributed by atoms with E-state index >= 15 is 0 Å². The van der Waals surface area contributed by atoms with Gasteiger partial charge in [-0.2, -0.15) is 4.98 Å². The van der Waals surface area contributed by atoms with E-state index in [1.807, 2.05) is 31.2 Å². The van der Waals surface area contributed by atoms with Gasteiger partial charge in [0.05, 0.1) is 0 Å². The van der Waals surface area contributed by atoms with Crippen LogP contribution < -0.4 is 0 Å². The van der Waals surface area contributed by atoms with E-state index in [-0.39, 0.29) is 6.42 Å². The zero-order chi connectivity index (χ0) is 13.7. The minimum atomic E-state index is -0.772. The van der Waals surface area contributed by atoms with Crippen molar-refractivity contribution in [2.45, 2.75) is 32.6 Å². The van der Waals surface area contributed by atoms with Gasteiger partial charge < -0.3 is 9.63 Å². The SMILES string of the molecule is Cc1cccc(-c2noc(CCCCC(=O)O)n2)c1. The number of carboxylic acids is 1. The van der Waals surface area contributed by atoms with Crippen molar-refractivity contribution in [2.24, 2.45) is 0 Å². The number of aryl methyl sites for hydroxylation is 2. The van der Waals surface area contributed by atoms with Crippen molar-refractivity contribution >= 4 is 5.97 Å². The summed E-state index contributed by atoms with van der Waals surface area (Å²) in [6.07, 6.45) is 2.16. The molecule has 0 atom stereocenters. The van der Waals surface area contributed by atoms with E-state index in [4.69, 9.17) is 9.63 Å². The van der Waals surface area contributed by atoms with E-state index in [1.165, 1.54) is 0 Å². The molecule has 5 nitrogen and oxygen atoms in total. The average molecular weight is 260 g/mol. The quantitative estimate of drug-likeness (QED) is 0.808. The van der Waals surface area contributed by atoms with Crippen LogP contribution in [0.3, 0.4) is 0 Å². The number of carboxylic acid groups (broad SMARTS) is 1. The molecule has 0 amide bonds. The Bertz CT molecular complexity index is 563. The Morgan fingerprint density at radius 3 is 2.95 bits per heavy atom. The Hall–Kier alpha value is -2.17. The summed E-state index contributed by atoms with van der Waals surface area (Å²) in [4.78, 5) is 14.7. The minimum absolute atomic E-state index is 0.179. The van der Waals surface area contributed by atoms with Gasteiger partial charge in [-0.15, -0.1) is 0 Å². The predicted octanol–water partition coefficient (Wildman–Crippen LogP) is 2.84. The molecule has 0 saturated heterocycles. The van der Waals surface area contributed by atoms with E-state index in [9.17, 15) is 4.79 Å². The molecule has 0 saturated carbocycles. The number of carbonyl (C=O) groups is 1. The molecule has 0 fully saturated rings. The number of rotatable bonds is 6. The maximum atomic E-state index is 10.4. The number of hydrogen-bond donors (Lipinski definition) is 1. The average Bonchev–Trinajstić information content (AvgIpc) is 2.83. The molecule has 1 aromatic carbocycles. The van der Waals surface area contributed by atoms with E-state index in [0.717, 1.165) is 17.5 Å². The van der Waals surface area contributed by atoms with Crippen LogP contribution in [0.5, 0.6) is 0 Å². The van der Waals surface area contributed by atoms with Crippen molar-refractivity contribution in [2.75, 3.05) is 0 Å². The van der Waals surface area contributed by atoms with Crippen LogP contribution in [0.15, 0.2) is 28.8 Å². The van der Waals surface area contributed by atoms with Crippen LogP contribution in [0.25, 0.3) is 11.4 Å². The summed E-state index contributed by atoms with van der Waals surface area (Å²) in [6.45, 7) is 2.01. The van der Waals surface area contributed by atoms with Gasteiger partial charge in [0.1, 0.15) is 0 Å². The van der Waals surface area contributed by atoms with Crippen molar-refractivity contribution in [3.8, 4) is 11.4 Å². The molecule has 0 bridgehead atoms. The van der Waals surface area contributed by atoms with Crippen LogP contribution in [0.1, 0.15) is 30.7 Å².